The van der Waals surface area contributed by atoms with Crippen LogP contribution >= 0.6 is 39.5 Å². The molecule has 0 bridgehead atoms. The standard InChI is InChI=1S/C25H23BrN4O2S2/c1-3-32-24(31)19-13-21(18-7-5-4-6-8-18)34-23(19)28-25(33)27-22-20(26)15-30(29-22)14-17-11-9-16(2)10-12-17/h4-13,15H,3,14H2,1-2H3,(H2,27,28,29,33). The van der Waals surface area contributed by atoms with E-state index in [-0.39, 0.29) is 0 Å². The maximum absolute atomic E-state index is 12.6. The molecular formula is C25H23BrN4O2S2. The Kier molecular flexibility index (Phi) is 7.77. The minimum absolute atomic E-state index is 0.294. The van der Waals surface area contributed by atoms with E-state index in [0.717, 1.165) is 20.5 Å². The molecule has 0 aliphatic heterocycles. The molecule has 4 rings (SSSR count). The molecule has 2 aromatic carbocycles. The number of rotatable bonds is 7. The van der Waals surface area contributed by atoms with E-state index >= 15 is 0 Å². The highest BCUT2D eigenvalue weighted by Crippen LogP contribution is 2.36. The molecule has 0 saturated heterocycles. The third-order valence-corrected chi connectivity index (χ3v) is 6.81. The van der Waals surface area contributed by atoms with Crippen LogP contribution in [0.4, 0.5) is 10.8 Å². The van der Waals surface area contributed by atoms with E-state index in [4.69, 9.17) is 17.0 Å². The lowest BCUT2D eigenvalue weighted by molar-refractivity contribution is 0.0528. The number of thiocarbonyl (C=S) groups is 1. The maximum Gasteiger partial charge on any atom is 0.341 e. The zero-order valence-corrected chi connectivity index (χ0v) is 21.9. The molecule has 2 heterocycles. The van der Waals surface area contributed by atoms with Crippen LogP contribution in [-0.2, 0) is 11.3 Å². The lowest BCUT2D eigenvalue weighted by Gasteiger charge is -2.09. The molecule has 0 amide bonds. The van der Waals surface area contributed by atoms with E-state index in [1.807, 2.05) is 47.3 Å². The van der Waals surface area contributed by atoms with Crippen LogP contribution in [0, 0.1) is 6.92 Å². The summed E-state index contributed by atoms with van der Waals surface area (Å²) < 4.78 is 7.86. The fraction of sp³-hybridized carbons (Fsp3) is 0.160. The Labute approximate surface area is 216 Å². The summed E-state index contributed by atoms with van der Waals surface area (Å²) in [6.45, 7) is 4.78. The molecule has 9 heteroatoms. The number of nitrogens with one attached hydrogen (secondary N) is 2. The van der Waals surface area contributed by atoms with Gasteiger partial charge in [-0.05, 0) is 59.2 Å². The highest BCUT2D eigenvalue weighted by Gasteiger charge is 2.19. The molecule has 2 N–H and O–H groups in total. The van der Waals surface area contributed by atoms with Gasteiger partial charge in [0.25, 0.3) is 0 Å². The summed E-state index contributed by atoms with van der Waals surface area (Å²) >= 11 is 10.5. The van der Waals surface area contributed by atoms with E-state index < -0.39 is 5.97 Å². The number of aryl methyl sites for hydroxylation is 1. The summed E-state index contributed by atoms with van der Waals surface area (Å²) in [5, 5.41) is 11.8. The number of ether oxygens (including phenoxy) is 1. The van der Waals surface area contributed by atoms with Gasteiger partial charge in [-0.1, -0.05) is 60.2 Å². The van der Waals surface area contributed by atoms with Crippen molar-refractivity contribution in [3.63, 3.8) is 0 Å². The van der Waals surface area contributed by atoms with Gasteiger partial charge in [-0.2, -0.15) is 5.10 Å². The smallest absolute Gasteiger partial charge is 0.341 e. The second-order valence-corrected chi connectivity index (χ2v) is 9.84. The number of benzene rings is 2. The SMILES string of the molecule is CCOC(=O)c1cc(-c2ccccc2)sc1NC(=S)Nc1nn(Cc2ccc(C)cc2)cc1Br. The molecule has 2 aromatic heterocycles. The minimum Gasteiger partial charge on any atom is -0.462 e. The number of anilines is 2. The van der Waals surface area contributed by atoms with Gasteiger partial charge in [0.05, 0.1) is 23.2 Å². The molecule has 0 radical (unpaired) electrons. The van der Waals surface area contributed by atoms with Crippen LogP contribution < -0.4 is 10.6 Å². The average molecular weight is 556 g/mol. The van der Waals surface area contributed by atoms with Crippen LogP contribution in [0.3, 0.4) is 0 Å². The van der Waals surface area contributed by atoms with Crippen molar-refractivity contribution < 1.29 is 9.53 Å². The van der Waals surface area contributed by atoms with Gasteiger partial charge in [0.2, 0.25) is 0 Å². The number of thiophene rings is 1. The highest BCUT2D eigenvalue weighted by atomic mass is 79.9. The van der Waals surface area contributed by atoms with Crippen LogP contribution in [0.1, 0.15) is 28.4 Å². The van der Waals surface area contributed by atoms with Crippen LogP contribution in [0.5, 0.6) is 0 Å². The number of halogens is 1. The molecule has 0 spiro atoms. The molecule has 0 atom stereocenters. The molecule has 0 unspecified atom stereocenters. The van der Waals surface area contributed by atoms with E-state index in [2.05, 4.69) is 62.9 Å². The Morgan fingerprint density at radius 1 is 1.15 bits per heavy atom. The number of carbonyl (C=O) groups is 1. The average Bonchev–Trinajstić information content (AvgIpc) is 3.39. The first-order valence-electron chi connectivity index (χ1n) is 10.7. The van der Waals surface area contributed by atoms with Gasteiger partial charge in [0.15, 0.2) is 10.9 Å². The number of hydrogen-bond acceptors (Lipinski definition) is 5. The number of aromatic nitrogens is 2. The van der Waals surface area contributed by atoms with Crippen molar-refractivity contribution in [2.24, 2.45) is 0 Å². The van der Waals surface area contributed by atoms with E-state index in [9.17, 15) is 4.79 Å². The van der Waals surface area contributed by atoms with Crippen LogP contribution in [0.25, 0.3) is 10.4 Å². The Bertz CT molecular complexity index is 1300. The normalized spacial score (nSPS) is 10.7. The van der Waals surface area contributed by atoms with Crippen molar-refractivity contribution in [1.29, 1.82) is 0 Å². The van der Waals surface area contributed by atoms with Gasteiger partial charge >= 0.3 is 5.97 Å². The number of esters is 1. The first-order chi connectivity index (χ1) is 16.4. The predicted octanol–water partition coefficient (Wildman–Crippen LogP) is 6.72. The number of hydrogen-bond donors (Lipinski definition) is 2. The Balaban J connectivity index is 1.50. The lowest BCUT2D eigenvalue weighted by Crippen LogP contribution is -2.20. The molecule has 4 aromatic rings. The zero-order chi connectivity index (χ0) is 24.1. The summed E-state index contributed by atoms with van der Waals surface area (Å²) in [4.78, 5) is 13.5. The van der Waals surface area contributed by atoms with Gasteiger partial charge in [0, 0.05) is 11.1 Å². The van der Waals surface area contributed by atoms with Gasteiger partial charge in [-0.3, -0.25) is 4.68 Å². The summed E-state index contributed by atoms with van der Waals surface area (Å²) in [7, 11) is 0. The quantitative estimate of drug-likeness (QED) is 0.195. The van der Waals surface area contributed by atoms with Crippen LogP contribution in [0.15, 0.2) is 71.3 Å². The summed E-state index contributed by atoms with van der Waals surface area (Å²) in [6.07, 6.45) is 1.90. The topological polar surface area (TPSA) is 68.2 Å². The van der Waals surface area contributed by atoms with Crippen molar-refractivity contribution >= 4 is 61.4 Å². The van der Waals surface area contributed by atoms with E-state index in [1.165, 1.54) is 16.9 Å². The summed E-state index contributed by atoms with van der Waals surface area (Å²) in [6, 6.07) is 20.0. The second-order valence-electron chi connectivity index (χ2n) is 7.53. The molecular weight excluding hydrogens is 532 g/mol. The maximum atomic E-state index is 12.6. The minimum atomic E-state index is -0.394. The molecule has 174 valence electrons. The first-order valence-corrected chi connectivity index (χ1v) is 12.7. The monoisotopic (exact) mass is 554 g/mol. The molecule has 0 aliphatic rings. The van der Waals surface area contributed by atoms with Crippen molar-refractivity contribution in [3.05, 3.63) is 88.0 Å². The fourth-order valence-corrected chi connectivity index (χ4v) is 5.01. The van der Waals surface area contributed by atoms with E-state index in [0.29, 0.717) is 34.6 Å². The lowest BCUT2D eigenvalue weighted by atomic mass is 10.1. The Morgan fingerprint density at radius 2 is 1.88 bits per heavy atom. The van der Waals surface area contributed by atoms with Crippen molar-refractivity contribution in [2.45, 2.75) is 20.4 Å². The third kappa shape index (κ3) is 5.91. The van der Waals surface area contributed by atoms with Gasteiger partial charge in [0.1, 0.15) is 5.00 Å². The largest absolute Gasteiger partial charge is 0.462 e. The summed E-state index contributed by atoms with van der Waals surface area (Å²) in [5.41, 5.74) is 3.83. The van der Waals surface area contributed by atoms with Crippen molar-refractivity contribution in [2.75, 3.05) is 17.2 Å². The Hall–Kier alpha value is -3.01. The molecule has 0 aliphatic carbocycles. The van der Waals surface area contributed by atoms with Crippen molar-refractivity contribution in [1.82, 2.24) is 9.78 Å². The van der Waals surface area contributed by atoms with Gasteiger partial charge < -0.3 is 15.4 Å². The predicted molar refractivity (Wildman–Crippen MR) is 146 cm³/mol. The molecule has 0 saturated carbocycles. The number of carbonyl (C=O) groups excluding carboxylic acids is 1. The summed E-state index contributed by atoms with van der Waals surface area (Å²) in [5.74, 6) is 0.192. The van der Waals surface area contributed by atoms with Crippen molar-refractivity contribution in [3.8, 4) is 10.4 Å². The van der Waals surface area contributed by atoms with Gasteiger partial charge in [-0.15, -0.1) is 11.3 Å². The second kappa shape index (κ2) is 10.9. The fourth-order valence-electron chi connectivity index (χ4n) is 3.27. The van der Waals surface area contributed by atoms with Crippen LogP contribution in [0.2, 0.25) is 0 Å². The van der Waals surface area contributed by atoms with Crippen LogP contribution in [-0.4, -0.2) is 27.5 Å². The van der Waals surface area contributed by atoms with E-state index in [1.54, 1.807) is 6.92 Å². The Morgan fingerprint density at radius 3 is 2.59 bits per heavy atom. The highest BCUT2D eigenvalue weighted by molar-refractivity contribution is 9.10. The third-order valence-electron chi connectivity index (χ3n) is 4.93. The number of nitrogens with zero attached hydrogens (tertiary/aromatic N) is 2. The molecule has 6 nitrogen and oxygen atoms in total. The molecule has 0 fully saturated rings. The zero-order valence-electron chi connectivity index (χ0n) is 18.7. The molecule has 34 heavy (non-hydrogen) atoms. The van der Waals surface area contributed by atoms with Gasteiger partial charge in [-0.25, -0.2) is 4.79 Å². The first kappa shape index (κ1) is 24.1.